The summed E-state index contributed by atoms with van der Waals surface area (Å²) >= 11 is 0. The molecule has 0 saturated heterocycles. The Morgan fingerprint density at radius 3 is 2.92 bits per heavy atom. The van der Waals surface area contributed by atoms with E-state index < -0.39 is 0 Å². The zero-order valence-electron chi connectivity index (χ0n) is 14.7. The zero-order valence-corrected chi connectivity index (χ0v) is 14.7. The number of aryl methyl sites for hydroxylation is 3. The van der Waals surface area contributed by atoms with Gasteiger partial charge in [0.15, 0.2) is 0 Å². The van der Waals surface area contributed by atoms with E-state index in [1.807, 2.05) is 41.8 Å². The number of amides is 1. The highest BCUT2D eigenvalue weighted by Gasteiger charge is 2.31. The Morgan fingerprint density at radius 1 is 1.28 bits per heavy atom. The lowest BCUT2D eigenvalue weighted by molar-refractivity contribution is -0.122. The number of hydrogen-bond donors (Lipinski definition) is 1. The molecule has 5 heteroatoms. The Kier molecular flexibility index (Phi) is 3.71. The van der Waals surface area contributed by atoms with Crippen molar-refractivity contribution in [2.24, 2.45) is 0 Å². The van der Waals surface area contributed by atoms with Crippen molar-refractivity contribution in [3.05, 3.63) is 64.6 Å². The maximum absolute atomic E-state index is 12.7. The number of ether oxygens (including phenoxy) is 1. The first-order valence-electron chi connectivity index (χ1n) is 8.49. The van der Waals surface area contributed by atoms with E-state index in [9.17, 15) is 4.79 Å². The van der Waals surface area contributed by atoms with Crippen molar-refractivity contribution in [2.75, 3.05) is 6.61 Å². The Balaban J connectivity index is 1.54. The van der Waals surface area contributed by atoms with Crippen molar-refractivity contribution in [3.63, 3.8) is 0 Å². The number of benzene rings is 1. The summed E-state index contributed by atoms with van der Waals surface area (Å²) in [5, 5.41) is 3.06. The summed E-state index contributed by atoms with van der Waals surface area (Å²) in [4.78, 5) is 17.3. The van der Waals surface area contributed by atoms with E-state index in [2.05, 4.69) is 30.2 Å². The number of carbonyl (C=O) groups excluding carboxylic acids is 1. The first kappa shape index (κ1) is 15.7. The number of hydrogen-bond acceptors (Lipinski definition) is 3. The van der Waals surface area contributed by atoms with Crippen molar-refractivity contribution < 1.29 is 9.53 Å². The molecule has 0 bridgehead atoms. The number of pyridine rings is 1. The summed E-state index contributed by atoms with van der Waals surface area (Å²) in [6, 6.07) is 9.98. The summed E-state index contributed by atoms with van der Waals surface area (Å²) < 4.78 is 7.74. The fraction of sp³-hybridized carbons (Fsp3) is 0.300. The lowest BCUT2D eigenvalue weighted by Gasteiger charge is -2.11. The molecular formula is C20H21N3O2. The van der Waals surface area contributed by atoms with Crippen LogP contribution in [0.5, 0.6) is 5.75 Å². The lowest BCUT2D eigenvalue weighted by Crippen LogP contribution is -2.30. The van der Waals surface area contributed by atoms with Gasteiger partial charge in [0, 0.05) is 11.8 Å². The fourth-order valence-electron chi connectivity index (χ4n) is 3.36. The van der Waals surface area contributed by atoms with Crippen LogP contribution < -0.4 is 10.1 Å². The molecule has 3 heterocycles. The zero-order chi connectivity index (χ0) is 17.6. The second-order valence-corrected chi connectivity index (χ2v) is 6.63. The summed E-state index contributed by atoms with van der Waals surface area (Å²) in [7, 11) is 0. The largest absolute Gasteiger partial charge is 0.492 e. The maximum atomic E-state index is 12.7. The molecule has 128 valence electrons. The number of imidazole rings is 1. The van der Waals surface area contributed by atoms with Crippen LogP contribution in [0.4, 0.5) is 0 Å². The van der Waals surface area contributed by atoms with Gasteiger partial charge in [0.1, 0.15) is 23.9 Å². The highest BCUT2D eigenvalue weighted by Crippen LogP contribution is 2.36. The molecule has 0 aliphatic carbocycles. The van der Waals surface area contributed by atoms with Crippen LogP contribution in [0.1, 0.15) is 34.0 Å². The van der Waals surface area contributed by atoms with E-state index in [1.54, 1.807) is 0 Å². The molecule has 5 nitrogen and oxygen atoms in total. The van der Waals surface area contributed by atoms with Gasteiger partial charge < -0.3 is 14.5 Å². The molecule has 1 aromatic carbocycles. The molecule has 25 heavy (non-hydrogen) atoms. The molecule has 1 N–H and O–H groups in total. The van der Waals surface area contributed by atoms with Crippen LogP contribution in [0.25, 0.3) is 5.65 Å². The molecule has 4 rings (SSSR count). The average Bonchev–Trinajstić information content (AvgIpc) is 3.13. The van der Waals surface area contributed by atoms with E-state index in [0.717, 1.165) is 28.3 Å². The first-order valence-corrected chi connectivity index (χ1v) is 8.49. The normalized spacial score (nSPS) is 15.9. The maximum Gasteiger partial charge on any atom is 0.231 e. The smallest absolute Gasteiger partial charge is 0.231 e. The van der Waals surface area contributed by atoms with Gasteiger partial charge in [-0.15, -0.1) is 0 Å². The topological polar surface area (TPSA) is 55.6 Å². The van der Waals surface area contributed by atoms with E-state index in [0.29, 0.717) is 13.2 Å². The number of fused-ring (bicyclic) bond motifs is 2. The van der Waals surface area contributed by atoms with E-state index in [-0.39, 0.29) is 11.8 Å². The minimum atomic E-state index is -0.256. The van der Waals surface area contributed by atoms with Crippen LogP contribution in [0.2, 0.25) is 0 Å². The van der Waals surface area contributed by atoms with Gasteiger partial charge in [-0.25, -0.2) is 4.98 Å². The molecule has 1 aliphatic rings. The van der Waals surface area contributed by atoms with Gasteiger partial charge in [-0.2, -0.15) is 0 Å². The number of nitrogens with zero attached hydrogens (tertiary/aromatic N) is 2. The van der Waals surface area contributed by atoms with Gasteiger partial charge in [0.2, 0.25) is 5.91 Å². The number of aromatic nitrogens is 2. The summed E-state index contributed by atoms with van der Waals surface area (Å²) in [5.41, 5.74) is 6.17. The molecule has 2 aromatic heterocycles. The minimum absolute atomic E-state index is 0.00714. The number of nitrogens with one attached hydrogen (secondary N) is 1. The third-order valence-corrected chi connectivity index (χ3v) is 4.98. The van der Waals surface area contributed by atoms with Gasteiger partial charge in [-0.3, -0.25) is 4.79 Å². The van der Waals surface area contributed by atoms with E-state index in [4.69, 9.17) is 4.74 Å². The molecule has 1 amide bonds. The molecule has 0 spiro atoms. The van der Waals surface area contributed by atoms with Crippen LogP contribution in [0.3, 0.4) is 0 Å². The van der Waals surface area contributed by atoms with Crippen LogP contribution in [-0.4, -0.2) is 21.9 Å². The van der Waals surface area contributed by atoms with Gasteiger partial charge in [0.25, 0.3) is 0 Å². The third-order valence-electron chi connectivity index (χ3n) is 4.98. The molecule has 0 radical (unpaired) electrons. The average molecular weight is 335 g/mol. The van der Waals surface area contributed by atoms with Crippen molar-refractivity contribution in [1.29, 1.82) is 0 Å². The van der Waals surface area contributed by atoms with Crippen molar-refractivity contribution in [2.45, 2.75) is 33.2 Å². The second-order valence-electron chi connectivity index (χ2n) is 6.63. The quantitative estimate of drug-likeness (QED) is 0.800. The molecule has 1 atom stereocenters. The van der Waals surface area contributed by atoms with Crippen molar-refractivity contribution in [3.8, 4) is 5.75 Å². The molecule has 3 aromatic rings. The third kappa shape index (κ3) is 2.65. The Labute approximate surface area is 146 Å². The highest BCUT2D eigenvalue weighted by molar-refractivity contribution is 5.85. The molecule has 1 unspecified atom stereocenters. The van der Waals surface area contributed by atoms with Gasteiger partial charge in [-0.1, -0.05) is 12.1 Å². The second kappa shape index (κ2) is 5.92. The van der Waals surface area contributed by atoms with Crippen LogP contribution in [-0.2, 0) is 11.3 Å². The lowest BCUT2D eigenvalue weighted by atomic mass is 9.96. The molecule has 0 fully saturated rings. The van der Waals surface area contributed by atoms with Gasteiger partial charge in [0.05, 0.1) is 17.9 Å². The summed E-state index contributed by atoms with van der Waals surface area (Å²) in [6.07, 6.45) is 1.97. The molecule has 1 aliphatic heterocycles. The fourth-order valence-corrected chi connectivity index (χ4v) is 3.36. The minimum Gasteiger partial charge on any atom is -0.492 e. The number of rotatable bonds is 3. The van der Waals surface area contributed by atoms with E-state index >= 15 is 0 Å². The highest BCUT2D eigenvalue weighted by atomic mass is 16.5. The van der Waals surface area contributed by atoms with Gasteiger partial charge in [-0.05, 0) is 50.1 Å². The van der Waals surface area contributed by atoms with Crippen LogP contribution in [0, 0.1) is 20.8 Å². The molecular weight excluding hydrogens is 314 g/mol. The van der Waals surface area contributed by atoms with Crippen molar-refractivity contribution in [1.82, 2.24) is 14.7 Å². The monoisotopic (exact) mass is 335 g/mol. The standard InChI is InChI=1S/C20H21N3O2/c1-12-8-15-16(11-25-18(15)9-13(12)2)20(24)21-10-17-14(3)22-19-6-4-5-7-23(17)19/h4-9,16H,10-11H2,1-3H3,(H,21,24). The number of carbonyl (C=O) groups is 1. The SMILES string of the molecule is Cc1cc2c(cc1C)C(C(=O)NCc1c(C)nc3ccccn13)CO2. The van der Waals surface area contributed by atoms with E-state index in [1.165, 1.54) is 11.1 Å². The molecule has 0 saturated carbocycles. The summed E-state index contributed by atoms with van der Waals surface area (Å²) in [6.45, 7) is 6.93. The van der Waals surface area contributed by atoms with Crippen LogP contribution >= 0.6 is 0 Å². The predicted octanol–water partition coefficient (Wildman–Crippen LogP) is 3.05. The van der Waals surface area contributed by atoms with Crippen molar-refractivity contribution >= 4 is 11.6 Å². The predicted molar refractivity (Wildman–Crippen MR) is 95.9 cm³/mol. The van der Waals surface area contributed by atoms with Crippen LogP contribution in [0.15, 0.2) is 36.5 Å². The summed E-state index contributed by atoms with van der Waals surface area (Å²) in [5.74, 6) is 0.565. The Morgan fingerprint density at radius 2 is 2.08 bits per heavy atom. The van der Waals surface area contributed by atoms with Gasteiger partial charge >= 0.3 is 0 Å². The Bertz CT molecular complexity index is 974. The Hall–Kier alpha value is -2.82. The first-order chi connectivity index (χ1) is 12.0.